The van der Waals surface area contributed by atoms with Gasteiger partial charge in [0, 0.05) is 37.3 Å². The van der Waals surface area contributed by atoms with Crippen molar-refractivity contribution in [2.45, 2.75) is 32.5 Å². The molecule has 1 aliphatic heterocycles. The maximum atomic E-state index is 8.65. The quantitative estimate of drug-likeness (QED) is 0.378. The highest BCUT2D eigenvalue weighted by molar-refractivity contribution is 5.96. The van der Waals surface area contributed by atoms with Crippen LogP contribution in [0.25, 0.3) is 0 Å². The van der Waals surface area contributed by atoms with E-state index in [1.165, 1.54) is 5.56 Å². The van der Waals surface area contributed by atoms with Crippen molar-refractivity contribution in [1.82, 2.24) is 9.80 Å². The largest absolute Gasteiger partial charge is 0.409 e. The Hall–Kier alpha value is -1.59. The van der Waals surface area contributed by atoms with E-state index in [0.717, 1.165) is 25.2 Å². The van der Waals surface area contributed by atoms with Crippen LogP contribution >= 0.6 is 0 Å². The van der Waals surface area contributed by atoms with E-state index in [-0.39, 0.29) is 5.84 Å². The zero-order valence-electron chi connectivity index (χ0n) is 12.5. The van der Waals surface area contributed by atoms with E-state index >= 15 is 0 Å². The molecule has 1 fully saturated rings. The van der Waals surface area contributed by atoms with Gasteiger partial charge in [-0.2, -0.15) is 0 Å². The first-order valence-corrected chi connectivity index (χ1v) is 7.02. The van der Waals surface area contributed by atoms with Gasteiger partial charge in [-0.1, -0.05) is 29.4 Å². The maximum Gasteiger partial charge on any atom is 0.170 e. The van der Waals surface area contributed by atoms with Gasteiger partial charge >= 0.3 is 0 Å². The van der Waals surface area contributed by atoms with Crippen LogP contribution in [0.2, 0.25) is 0 Å². The van der Waals surface area contributed by atoms with Gasteiger partial charge in [-0.25, -0.2) is 0 Å². The molecule has 5 heteroatoms. The molecule has 2 unspecified atom stereocenters. The Morgan fingerprint density at radius 2 is 1.80 bits per heavy atom. The molecular weight excluding hydrogens is 252 g/mol. The Labute approximate surface area is 120 Å². The molecule has 5 nitrogen and oxygen atoms in total. The minimum atomic E-state index is 0.151. The standard InChI is InChI=1S/C15H24N4O/c1-11-8-19(9-12(2)18(11)3)10-13-4-6-14(7-5-13)15(16)17-20/h4-7,11-12,20H,8-10H2,1-3H3,(H2,16,17). The molecule has 1 aromatic carbocycles. The number of likely N-dealkylation sites (N-methyl/N-ethyl adjacent to an activating group) is 1. The molecule has 1 saturated heterocycles. The molecule has 1 aromatic rings. The lowest BCUT2D eigenvalue weighted by Gasteiger charge is -2.42. The number of amidine groups is 1. The summed E-state index contributed by atoms with van der Waals surface area (Å²) >= 11 is 0. The van der Waals surface area contributed by atoms with Crippen LogP contribution in [0.3, 0.4) is 0 Å². The third kappa shape index (κ3) is 3.29. The van der Waals surface area contributed by atoms with E-state index in [9.17, 15) is 0 Å². The fourth-order valence-electron chi connectivity index (χ4n) is 2.74. The number of nitrogens with two attached hydrogens (primary N) is 1. The second-order valence-electron chi connectivity index (χ2n) is 5.74. The minimum absolute atomic E-state index is 0.151. The van der Waals surface area contributed by atoms with E-state index in [0.29, 0.717) is 12.1 Å². The fraction of sp³-hybridized carbons (Fsp3) is 0.533. The summed E-state index contributed by atoms with van der Waals surface area (Å²) < 4.78 is 0. The summed E-state index contributed by atoms with van der Waals surface area (Å²) in [4.78, 5) is 4.91. The third-order valence-electron chi connectivity index (χ3n) is 4.20. The lowest BCUT2D eigenvalue weighted by molar-refractivity contribution is 0.0556. The topological polar surface area (TPSA) is 65.1 Å². The molecule has 20 heavy (non-hydrogen) atoms. The summed E-state index contributed by atoms with van der Waals surface area (Å²) in [7, 11) is 2.19. The molecule has 2 atom stereocenters. The van der Waals surface area contributed by atoms with Gasteiger partial charge in [0.05, 0.1) is 0 Å². The molecule has 0 saturated carbocycles. The second-order valence-corrected chi connectivity index (χ2v) is 5.74. The first kappa shape index (κ1) is 14.8. The molecule has 1 heterocycles. The predicted octanol–water partition coefficient (Wildman–Crippen LogP) is 1.31. The molecule has 2 rings (SSSR count). The van der Waals surface area contributed by atoms with Gasteiger partial charge in [0.2, 0.25) is 0 Å². The molecule has 3 N–H and O–H groups in total. The number of hydrogen-bond donors (Lipinski definition) is 2. The summed E-state index contributed by atoms with van der Waals surface area (Å²) in [5, 5.41) is 11.7. The highest BCUT2D eigenvalue weighted by atomic mass is 16.4. The van der Waals surface area contributed by atoms with Gasteiger partial charge in [0.15, 0.2) is 5.84 Å². The van der Waals surface area contributed by atoms with Gasteiger partial charge in [0.1, 0.15) is 0 Å². The van der Waals surface area contributed by atoms with Gasteiger partial charge in [-0.3, -0.25) is 9.80 Å². The van der Waals surface area contributed by atoms with E-state index < -0.39 is 0 Å². The lowest BCUT2D eigenvalue weighted by atomic mass is 10.1. The monoisotopic (exact) mass is 276 g/mol. The Morgan fingerprint density at radius 1 is 1.25 bits per heavy atom. The molecule has 1 aliphatic rings. The van der Waals surface area contributed by atoms with Gasteiger partial charge in [0.25, 0.3) is 0 Å². The van der Waals surface area contributed by atoms with Gasteiger partial charge in [-0.15, -0.1) is 0 Å². The molecule has 0 radical (unpaired) electrons. The molecule has 110 valence electrons. The average Bonchev–Trinajstić information content (AvgIpc) is 2.44. The van der Waals surface area contributed by atoms with E-state index in [1.807, 2.05) is 24.3 Å². The van der Waals surface area contributed by atoms with Crippen molar-refractivity contribution in [3.05, 3.63) is 35.4 Å². The van der Waals surface area contributed by atoms with Crippen LogP contribution in [-0.4, -0.2) is 53.1 Å². The molecule has 0 amide bonds. The number of piperazine rings is 1. The molecule has 0 aliphatic carbocycles. The highest BCUT2D eigenvalue weighted by Gasteiger charge is 2.26. The zero-order chi connectivity index (χ0) is 14.7. The molecule has 0 bridgehead atoms. The van der Waals surface area contributed by atoms with Crippen LogP contribution in [0, 0.1) is 0 Å². The van der Waals surface area contributed by atoms with Crippen LogP contribution in [0.15, 0.2) is 29.4 Å². The summed E-state index contributed by atoms with van der Waals surface area (Å²) in [6.07, 6.45) is 0. The summed E-state index contributed by atoms with van der Waals surface area (Å²) in [6, 6.07) is 9.04. The van der Waals surface area contributed by atoms with Crippen LogP contribution in [-0.2, 0) is 6.54 Å². The van der Waals surface area contributed by atoms with Crippen molar-refractivity contribution in [2.24, 2.45) is 10.9 Å². The normalized spacial score (nSPS) is 25.9. The van der Waals surface area contributed by atoms with E-state index in [4.69, 9.17) is 10.9 Å². The third-order valence-corrected chi connectivity index (χ3v) is 4.20. The van der Waals surface area contributed by atoms with Gasteiger partial charge < -0.3 is 10.9 Å². The molecular formula is C15H24N4O. The van der Waals surface area contributed by atoms with Crippen molar-refractivity contribution in [3.63, 3.8) is 0 Å². The summed E-state index contributed by atoms with van der Waals surface area (Å²) in [5.41, 5.74) is 7.56. The number of oxime groups is 1. The first-order chi connectivity index (χ1) is 9.51. The number of hydrogen-bond acceptors (Lipinski definition) is 4. The molecule has 0 spiro atoms. The van der Waals surface area contributed by atoms with Crippen molar-refractivity contribution in [3.8, 4) is 0 Å². The summed E-state index contributed by atoms with van der Waals surface area (Å²) in [5.74, 6) is 0.151. The Balaban J connectivity index is 2.00. The number of benzene rings is 1. The molecule has 0 aromatic heterocycles. The minimum Gasteiger partial charge on any atom is -0.409 e. The average molecular weight is 276 g/mol. The van der Waals surface area contributed by atoms with Crippen molar-refractivity contribution < 1.29 is 5.21 Å². The van der Waals surface area contributed by atoms with Crippen LogP contribution in [0.4, 0.5) is 0 Å². The number of nitrogens with zero attached hydrogens (tertiary/aromatic N) is 3. The lowest BCUT2D eigenvalue weighted by Crippen LogP contribution is -2.54. The van der Waals surface area contributed by atoms with Crippen LogP contribution < -0.4 is 5.73 Å². The Kier molecular flexibility index (Phi) is 4.62. The van der Waals surface area contributed by atoms with E-state index in [2.05, 4.69) is 35.9 Å². The maximum absolute atomic E-state index is 8.65. The smallest absolute Gasteiger partial charge is 0.170 e. The Bertz CT molecular complexity index is 459. The highest BCUT2D eigenvalue weighted by Crippen LogP contribution is 2.16. The second kappa shape index (κ2) is 6.24. The van der Waals surface area contributed by atoms with Crippen LogP contribution in [0.5, 0.6) is 0 Å². The van der Waals surface area contributed by atoms with Crippen molar-refractivity contribution in [2.75, 3.05) is 20.1 Å². The van der Waals surface area contributed by atoms with E-state index in [1.54, 1.807) is 0 Å². The summed E-state index contributed by atoms with van der Waals surface area (Å²) in [6.45, 7) is 7.65. The van der Waals surface area contributed by atoms with Gasteiger partial charge in [-0.05, 0) is 26.5 Å². The SMILES string of the molecule is CC1CN(Cc2ccc(/C(N)=N/O)cc2)CC(C)N1C. The number of rotatable bonds is 3. The fourth-order valence-corrected chi connectivity index (χ4v) is 2.74. The van der Waals surface area contributed by atoms with Crippen molar-refractivity contribution >= 4 is 5.84 Å². The Morgan fingerprint density at radius 3 is 2.30 bits per heavy atom. The first-order valence-electron chi connectivity index (χ1n) is 7.02. The zero-order valence-corrected chi connectivity index (χ0v) is 12.5. The van der Waals surface area contributed by atoms with Crippen LogP contribution in [0.1, 0.15) is 25.0 Å². The predicted molar refractivity (Wildman–Crippen MR) is 80.9 cm³/mol. The van der Waals surface area contributed by atoms with Crippen molar-refractivity contribution in [1.29, 1.82) is 0 Å².